The molecule has 0 spiro atoms. The normalized spacial score (nSPS) is 25.7. The van der Waals surface area contributed by atoms with Gasteiger partial charge in [0.05, 0.1) is 0 Å². The van der Waals surface area contributed by atoms with E-state index in [1.54, 1.807) is 4.90 Å². The molecule has 1 saturated heterocycles. The van der Waals surface area contributed by atoms with Crippen LogP contribution in [0.4, 0.5) is 4.79 Å². The molecule has 1 N–H and O–H groups in total. The Morgan fingerprint density at radius 1 is 1.22 bits per heavy atom. The number of ether oxygens (including phenoxy) is 1. The van der Waals surface area contributed by atoms with Crippen LogP contribution in [-0.4, -0.2) is 61.1 Å². The summed E-state index contributed by atoms with van der Waals surface area (Å²) in [5, 5.41) is 2.81. The summed E-state index contributed by atoms with van der Waals surface area (Å²) in [4.78, 5) is 28.3. The number of nitrogens with one attached hydrogen (secondary N) is 1. The molecule has 3 amide bonds. The molecule has 2 aliphatic carbocycles. The van der Waals surface area contributed by atoms with Gasteiger partial charge < -0.3 is 19.9 Å². The number of rotatable bonds is 8. The quantitative estimate of drug-likeness (QED) is 0.714. The van der Waals surface area contributed by atoms with Gasteiger partial charge in [-0.15, -0.1) is 0 Å². The Hall–Kier alpha value is -2.50. The summed E-state index contributed by atoms with van der Waals surface area (Å²) in [6.07, 6.45) is 7.02. The molecule has 2 bridgehead atoms. The number of para-hydroxylation sites is 1. The molecule has 6 heteroatoms. The Kier molecular flexibility index (Phi) is 5.32. The molecule has 1 saturated carbocycles. The SMILES string of the molecule is O=C(COc1ccccc1)N(CCN1CCNC1=O)CC1CC2C=CC1C2. The van der Waals surface area contributed by atoms with Crippen molar-refractivity contribution in [2.24, 2.45) is 17.8 Å². The zero-order chi connectivity index (χ0) is 18.6. The van der Waals surface area contributed by atoms with E-state index >= 15 is 0 Å². The summed E-state index contributed by atoms with van der Waals surface area (Å²) in [7, 11) is 0. The van der Waals surface area contributed by atoms with E-state index in [0.717, 1.165) is 13.0 Å². The van der Waals surface area contributed by atoms with Gasteiger partial charge in [-0.2, -0.15) is 0 Å². The first-order chi connectivity index (χ1) is 13.2. The molecule has 2 fully saturated rings. The Morgan fingerprint density at radius 3 is 2.74 bits per heavy atom. The maximum atomic E-state index is 12.9. The average molecular weight is 369 g/mol. The van der Waals surface area contributed by atoms with Crippen LogP contribution >= 0.6 is 0 Å². The highest BCUT2D eigenvalue weighted by Gasteiger charge is 2.37. The molecule has 4 rings (SSSR count). The number of carbonyl (C=O) groups is 2. The smallest absolute Gasteiger partial charge is 0.317 e. The van der Waals surface area contributed by atoms with Crippen LogP contribution in [0.5, 0.6) is 5.75 Å². The minimum Gasteiger partial charge on any atom is -0.484 e. The van der Waals surface area contributed by atoms with Gasteiger partial charge in [-0.05, 0) is 42.7 Å². The van der Waals surface area contributed by atoms with Crippen molar-refractivity contribution in [2.75, 3.05) is 39.3 Å². The topological polar surface area (TPSA) is 61.9 Å². The standard InChI is InChI=1S/C21H27N3O3/c25-20(15-27-19-4-2-1-3-5-19)24(11-10-23-9-8-22-21(23)26)14-18-13-16-6-7-17(18)12-16/h1-7,16-18H,8-15H2,(H,22,26). The van der Waals surface area contributed by atoms with Crippen LogP contribution < -0.4 is 10.1 Å². The van der Waals surface area contributed by atoms with E-state index < -0.39 is 0 Å². The number of nitrogens with zero attached hydrogens (tertiary/aromatic N) is 2. The zero-order valence-electron chi connectivity index (χ0n) is 15.5. The highest BCUT2D eigenvalue weighted by Crippen LogP contribution is 2.43. The molecule has 3 atom stereocenters. The van der Waals surface area contributed by atoms with Crippen LogP contribution in [0.2, 0.25) is 0 Å². The van der Waals surface area contributed by atoms with E-state index in [2.05, 4.69) is 17.5 Å². The minimum atomic E-state index is -0.0363. The lowest BCUT2D eigenvalue weighted by Crippen LogP contribution is -2.44. The van der Waals surface area contributed by atoms with E-state index in [0.29, 0.717) is 49.7 Å². The Labute approximate surface area is 160 Å². The lowest BCUT2D eigenvalue weighted by Gasteiger charge is -2.30. The third kappa shape index (κ3) is 4.26. The zero-order valence-corrected chi connectivity index (χ0v) is 15.5. The van der Waals surface area contributed by atoms with Crippen molar-refractivity contribution in [1.29, 1.82) is 0 Å². The number of benzene rings is 1. The van der Waals surface area contributed by atoms with Gasteiger partial charge in [0, 0.05) is 32.7 Å². The van der Waals surface area contributed by atoms with E-state index in [9.17, 15) is 9.59 Å². The fraction of sp³-hybridized carbons (Fsp3) is 0.524. The Morgan fingerprint density at radius 2 is 2.07 bits per heavy atom. The van der Waals surface area contributed by atoms with Crippen molar-refractivity contribution in [2.45, 2.75) is 12.8 Å². The minimum absolute atomic E-state index is 0.00906. The van der Waals surface area contributed by atoms with Gasteiger partial charge in [-0.3, -0.25) is 4.79 Å². The fourth-order valence-electron chi connectivity index (χ4n) is 4.42. The molecule has 3 unspecified atom stereocenters. The van der Waals surface area contributed by atoms with Crippen molar-refractivity contribution >= 4 is 11.9 Å². The lowest BCUT2D eigenvalue weighted by atomic mass is 9.93. The Bertz CT molecular complexity index is 706. The second-order valence-corrected chi connectivity index (χ2v) is 7.70. The predicted molar refractivity (Wildman–Crippen MR) is 102 cm³/mol. The van der Waals surface area contributed by atoms with Gasteiger partial charge in [0.2, 0.25) is 0 Å². The molecule has 0 radical (unpaired) electrons. The summed E-state index contributed by atoms with van der Waals surface area (Å²) in [5.74, 6) is 2.49. The van der Waals surface area contributed by atoms with Gasteiger partial charge in [0.1, 0.15) is 5.75 Å². The number of allylic oxidation sites excluding steroid dienone is 2. The van der Waals surface area contributed by atoms with Gasteiger partial charge in [-0.25, -0.2) is 4.79 Å². The van der Waals surface area contributed by atoms with Crippen molar-refractivity contribution in [1.82, 2.24) is 15.1 Å². The summed E-state index contributed by atoms with van der Waals surface area (Å²) in [6.45, 7) is 3.30. The Balaban J connectivity index is 1.36. The monoisotopic (exact) mass is 369 g/mol. The van der Waals surface area contributed by atoms with Crippen molar-refractivity contribution in [3.05, 3.63) is 42.5 Å². The summed E-state index contributed by atoms with van der Waals surface area (Å²) < 4.78 is 5.67. The highest BCUT2D eigenvalue weighted by atomic mass is 16.5. The first-order valence-corrected chi connectivity index (χ1v) is 9.86. The summed E-state index contributed by atoms with van der Waals surface area (Å²) >= 11 is 0. The lowest BCUT2D eigenvalue weighted by molar-refractivity contribution is -0.134. The first kappa shape index (κ1) is 17.9. The molecule has 3 aliphatic rings. The molecule has 1 aromatic carbocycles. The molecule has 1 heterocycles. The molecule has 27 heavy (non-hydrogen) atoms. The van der Waals surface area contributed by atoms with Crippen molar-refractivity contribution in [3.8, 4) is 5.75 Å². The number of fused-ring (bicyclic) bond motifs is 2. The van der Waals surface area contributed by atoms with Crippen LogP contribution in [0, 0.1) is 17.8 Å². The van der Waals surface area contributed by atoms with Gasteiger partial charge in [0.25, 0.3) is 5.91 Å². The van der Waals surface area contributed by atoms with E-state index in [4.69, 9.17) is 4.74 Å². The summed E-state index contributed by atoms with van der Waals surface area (Å²) in [6, 6.07) is 9.38. The summed E-state index contributed by atoms with van der Waals surface area (Å²) in [5.41, 5.74) is 0. The highest BCUT2D eigenvalue weighted by molar-refractivity contribution is 5.78. The largest absolute Gasteiger partial charge is 0.484 e. The predicted octanol–water partition coefficient (Wildman–Crippen LogP) is 2.13. The average Bonchev–Trinajstić information content (AvgIpc) is 3.41. The van der Waals surface area contributed by atoms with E-state index in [-0.39, 0.29) is 18.5 Å². The molecule has 1 aliphatic heterocycles. The molecule has 144 valence electrons. The molecule has 6 nitrogen and oxygen atoms in total. The fourth-order valence-corrected chi connectivity index (χ4v) is 4.42. The number of hydrogen-bond donors (Lipinski definition) is 1. The number of hydrogen-bond acceptors (Lipinski definition) is 3. The van der Waals surface area contributed by atoms with Gasteiger partial charge in [0.15, 0.2) is 6.61 Å². The maximum absolute atomic E-state index is 12.9. The van der Waals surface area contributed by atoms with Crippen LogP contribution in [0.1, 0.15) is 12.8 Å². The van der Waals surface area contributed by atoms with Crippen LogP contribution in [-0.2, 0) is 4.79 Å². The molecule has 0 aromatic heterocycles. The third-order valence-electron chi connectivity index (χ3n) is 5.91. The van der Waals surface area contributed by atoms with Crippen LogP contribution in [0.3, 0.4) is 0 Å². The number of amides is 3. The van der Waals surface area contributed by atoms with Gasteiger partial charge in [-0.1, -0.05) is 30.4 Å². The first-order valence-electron chi connectivity index (χ1n) is 9.86. The molecule has 1 aromatic rings. The number of urea groups is 1. The van der Waals surface area contributed by atoms with Crippen molar-refractivity contribution in [3.63, 3.8) is 0 Å². The van der Waals surface area contributed by atoms with Crippen LogP contribution in [0.25, 0.3) is 0 Å². The van der Waals surface area contributed by atoms with Crippen molar-refractivity contribution < 1.29 is 14.3 Å². The van der Waals surface area contributed by atoms with Crippen LogP contribution in [0.15, 0.2) is 42.5 Å². The van der Waals surface area contributed by atoms with Gasteiger partial charge >= 0.3 is 6.03 Å². The maximum Gasteiger partial charge on any atom is 0.317 e. The molecular formula is C21H27N3O3. The number of carbonyl (C=O) groups excluding carboxylic acids is 2. The third-order valence-corrected chi connectivity index (χ3v) is 5.91. The van der Waals surface area contributed by atoms with E-state index in [1.165, 1.54) is 6.42 Å². The molecular weight excluding hydrogens is 342 g/mol. The second kappa shape index (κ2) is 8.03. The second-order valence-electron chi connectivity index (χ2n) is 7.70. The van der Waals surface area contributed by atoms with E-state index in [1.807, 2.05) is 35.2 Å².